The van der Waals surface area contributed by atoms with Crippen molar-refractivity contribution in [1.29, 1.82) is 0 Å². The molecule has 0 spiro atoms. The van der Waals surface area contributed by atoms with Gasteiger partial charge in [-0.25, -0.2) is 13.6 Å². The maximum absolute atomic E-state index is 13.0. The number of benzene rings is 2. The first-order valence-corrected chi connectivity index (χ1v) is 6.06. The van der Waals surface area contributed by atoms with Crippen LogP contribution in [0.2, 0.25) is 0 Å². The summed E-state index contributed by atoms with van der Waals surface area (Å²) in [6, 6.07) is 7.76. The summed E-state index contributed by atoms with van der Waals surface area (Å²) in [5.74, 6) is -2.19. The number of anilines is 1. The number of ether oxygens (including phenoxy) is 2. The largest absolute Gasteiger partial charge is 0.495 e. The van der Waals surface area contributed by atoms with Crippen molar-refractivity contribution in [2.45, 2.75) is 6.61 Å². The third-order valence-electron chi connectivity index (χ3n) is 2.82. The average molecular weight is 293 g/mol. The first kappa shape index (κ1) is 14.8. The van der Waals surface area contributed by atoms with E-state index in [-0.39, 0.29) is 12.2 Å². The summed E-state index contributed by atoms with van der Waals surface area (Å²) in [5.41, 5.74) is 6.64. The number of hydrogen-bond donors (Lipinski definition) is 1. The molecule has 0 aromatic heterocycles. The van der Waals surface area contributed by atoms with E-state index in [1.54, 1.807) is 0 Å². The number of nitrogens with two attached hydrogens (primary N) is 1. The van der Waals surface area contributed by atoms with E-state index in [4.69, 9.17) is 15.2 Å². The Balaban J connectivity index is 2.06. The summed E-state index contributed by atoms with van der Waals surface area (Å²) in [4.78, 5) is 11.9. The molecule has 0 heterocycles. The number of nitrogen functional groups attached to an aromatic ring is 1. The Hall–Kier alpha value is -2.63. The molecule has 0 radical (unpaired) electrons. The fourth-order valence-corrected chi connectivity index (χ4v) is 1.70. The van der Waals surface area contributed by atoms with E-state index >= 15 is 0 Å². The lowest BCUT2D eigenvalue weighted by molar-refractivity contribution is 0.0472. The lowest BCUT2D eigenvalue weighted by Gasteiger charge is -2.08. The van der Waals surface area contributed by atoms with Gasteiger partial charge >= 0.3 is 5.97 Å². The van der Waals surface area contributed by atoms with Gasteiger partial charge in [0.05, 0.1) is 18.4 Å². The molecular formula is C15H13F2NO3. The zero-order valence-corrected chi connectivity index (χ0v) is 11.2. The zero-order valence-electron chi connectivity index (χ0n) is 11.2. The van der Waals surface area contributed by atoms with Crippen LogP contribution in [0.5, 0.6) is 5.75 Å². The van der Waals surface area contributed by atoms with Gasteiger partial charge in [0, 0.05) is 0 Å². The summed E-state index contributed by atoms with van der Waals surface area (Å²) in [6.45, 7) is -0.164. The van der Waals surface area contributed by atoms with Crippen molar-refractivity contribution in [2.75, 3.05) is 12.8 Å². The molecule has 21 heavy (non-hydrogen) atoms. The van der Waals surface area contributed by atoms with Crippen molar-refractivity contribution >= 4 is 11.7 Å². The molecular weight excluding hydrogens is 280 g/mol. The number of rotatable bonds is 4. The van der Waals surface area contributed by atoms with Gasteiger partial charge in [0.2, 0.25) is 0 Å². The van der Waals surface area contributed by atoms with Gasteiger partial charge in [0.1, 0.15) is 12.4 Å². The third-order valence-corrected chi connectivity index (χ3v) is 2.82. The summed E-state index contributed by atoms with van der Waals surface area (Å²) in [7, 11) is 1.43. The van der Waals surface area contributed by atoms with Crippen molar-refractivity contribution in [3.05, 3.63) is 59.2 Å². The third kappa shape index (κ3) is 3.47. The number of carbonyl (C=O) groups excluding carboxylic acids is 1. The molecule has 6 heteroatoms. The van der Waals surface area contributed by atoms with Gasteiger partial charge in [-0.1, -0.05) is 6.07 Å². The average Bonchev–Trinajstić information content (AvgIpc) is 2.48. The molecule has 0 saturated carbocycles. The normalized spacial score (nSPS) is 10.2. The van der Waals surface area contributed by atoms with Crippen LogP contribution in [0.4, 0.5) is 14.5 Å². The maximum Gasteiger partial charge on any atom is 0.338 e. The van der Waals surface area contributed by atoms with Gasteiger partial charge in [0.25, 0.3) is 0 Å². The van der Waals surface area contributed by atoms with Gasteiger partial charge in [-0.15, -0.1) is 0 Å². The molecule has 0 atom stereocenters. The second kappa shape index (κ2) is 6.21. The van der Waals surface area contributed by atoms with Gasteiger partial charge in [-0.3, -0.25) is 0 Å². The van der Waals surface area contributed by atoms with E-state index < -0.39 is 17.6 Å². The topological polar surface area (TPSA) is 61.5 Å². The first-order valence-electron chi connectivity index (χ1n) is 6.06. The molecule has 0 fully saturated rings. The Labute approximate surface area is 120 Å². The molecule has 0 aliphatic rings. The van der Waals surface area contributed by atoms with Gasteiger partial charge < -0.3 is 15.2 Å². The smallest absolute Gasteiger partial charge is 0.338 e. The summed E-state index contributed by atoms with van der Waals surface area (Å²) >= 11 is 0. The van der Waals surface area contributed by atoms with Crippen LogP contribution >= 0.6 is 0 Å². The molecule has 0 amide bonds. The minimum Gasteiger partial charge on any atom is -0.495 e. The van der Waals surface area contributed by atoms with E-state index in [0.717, 1.165) is 12.1 Å². The highest BCUT2D eigenvalue weighted by molar-refractivity contribution is 5.90. The van der Waals surface area contributed by atoms with Crippen LogP contribution in [0.15, 0.2) is 36.4 Å². The Morgan fingerprint density at radius 1 is 1.14 bits per heavy atom. The highest BCUT2D eigenvalue weighted by Gasteiger charge is 2.11. The summed E-state index contributed by atoms with van der Waals surface area (Å²) in [6.07, 6.45) is 0. The Bertz CT molecular complexity index is 674. The predicted octanol–water partition coefficient (Wildman–Crippen LogP) is 2.91. The Morgan fingerprint density at radius 3 is 2.57 bits per heavy atom. The van der Waals surface area contributed by atoms with Crippen molar-refractivity contribution in [3.63, 3.8) is 0 Å². The fourth-order valence-electron chi connectivity index (χ4n) is 1.70. The van der Waals surface area contributed by atoms with E-state index in [1.165, 1.54) is 31.4 Å². The van der Waals surface area contributed by atoms with Crippen molar-refractivity contribution in [3.8, 4) is 5.75 Å². The Morgan fingerprint density at radius 2 is 1.90 bits per heavy atom. The van der Waals surface area contributed by atoms with E-state index in [1.807, 2.05) is 0 Å². The van der Waals surface area contributed by atoms with Crippen LogP contribution in [0.3, 0.4) is 0 Å². The predicted molar refractivity (Wildman–Crippen MR) is 72.9 cm³/mol. The van der Waals surface area contributed by atoms with Crippen LogP contribution in [0.1, 0.15) is 15.9 Å². The van der Waals surface area contributed by atoms with Crippen molar-refractivity contribution in [2.24, 2.45) is 0 Å². The molecule has 0 unspecified atom stereocenters. The second-order valence-corrected chi connectivity index (χ2v) is 4.28. The van der Waals surface area contributed by atoms with Crippen LogP contribution in [-0.4, -0.2) is 13.1 Å². The fraction of sp³-hybridized carbons (Fsp3) is 0.133. The minimum atomic E-state index is -0.988. The highest BCUT2D eigenvalue weighted by atomic mass is 19.2. The number of hydrogen-bond acceptors (Lipinski definition) is 4. The van der Waals surface area contributed by atoms with Crippen molar-refractivity contribution < 1.29 is 23.0 Å². The highest BCUT2D eigenvalue weighted by Crippen LogP contribution is 2.22. The van der Waals surface area contributed by atoms with Gasteiger partial charge in [-0.2, -0.15) is 0 Å². The first-order chi connectivity index (χ1) is 10.0. The van der Waals surface area contributed by atoms with E-state index in [9.17, 15) is 13.6 Å². The van der Waals surface area contributed by atoms with Crippen LogP contribution < -0.4 is 10.5 Å². The maximum atomic E-state index is 13.0. The van der Waals surface area contributed by atoms with Crippen LogP contribution in [-0.2, 0) is 11.3 Å². The molecule has 2 aromatic carbocycles. The number of methoxy groups -OCH3 is 1. The molecule has 0 aliphatic heterocycles. The lowest BCUT2D eigenvalue weighted by atomic mass is 10.2. The van der Waals surface area contributed by atoms with Gasteiger partial charge in [0.15, 0.2) is 11.6 Å². The molecule has 0 saturated heterocycles. The SMILES string of the molecule is COc1cc(C(=O)OCc2ccc(F)c(F)c2)ccc1N. The lowest BCUT2D eigenvalue weighted by Crippen LogP contribution is -2.06. The van der Waals surface area contributed by atoms with Crippen LogP contribution in [0.25, 0.3) is 0 Å². The molecule has 4 nitrogen and oxygen atoms in total. The second-order valence-electron chi connectivity index (χ2n) is 4.28. The molecule has 2 N–H and O–H groups in total. The number of carbonyl (C=O) groups is 1. The molecule has 0 bridgehead atoms. The monoisotopic (exact) mass is 293 g/mol. The van der Waals surface area contributed by atoms with Crippen molar-refractivity contribution in [1.82, 2.24) is 0 Å². The zero-order chi connectivity index (χ0) is 15.4. The standard InChI is InChI=1S/C15H13F2NO3/c1-20-14-7-10(3-5-13(14)18)15(19)21-8-9-2-4-11(16)12(17)6-9/h2-7H,8,18H2,1H3. The molecule has 0 aliphatic carbocycles. The molecule has 110 valence electrons. The van der Waals surface area contributed by atoms with E-state index in [0.29, 0.717) is 17.0 Å². The molecule has 2 aromatic rings. The number of esters is 1. The van der Waals surface area contributed by atoms with Gasteiger partial charge in [-0.05, 0) is 35.9 Å². The van der Waals surface area contributed by atoms with Crippen LogP contribution in [0, 0.1) is 11.6 Å². The molecule has 2 rings (SSSR count). The summed E-state index contributed by atoms with van der Waals surface area (Å²) < 4.78 is 35.8. The minimum absolute atomic E-state index is 0.164. The quantitative estimate of drug-likeness (QED) is 0.695. The summed E-state index contributed by atoms with van der Waals surface area (Å²) in [5, 5.41) is 0. The Kier molecular flexibility index (Phi) is 4.37. The van der Waals surface area contributed by atoms with E-state index in [2.05, 4.69) is 0 Å². The number of halogens is 2.